The molecule has 0 aliphatic carbocycles. The molecular weight excluding hydrogens is 378 g/mol. The fraction of sp³-hybridized carbons (Fsp3) is 0.267. The molecule has 11 heteroatoms. The zero-order chi connectivity index (χ0) is 19.1. The number of fused-ring (bicyclic) bond motifs is 1. The van der Waals surface area contributed by atoms with Crippen molar-refractivity contribution in [2.45, 2.75) is 29.1 Å². The molecule has 9 nitrogen and oxygen atoms in total. The van der Waals surface area contributed by atoms with Gasteiger partial charge in [-0.05, 0) is 26.0 Å². The predicted octanol–water partition coefficient (Wildman–Crippen LogP) is 1.45. The predicted molar refractivity (Wildman–Crippen MR) is 95.9 cm³/mol. The SMILES string of the molecule is CC(C)S(=O)(=O)c1ccccc1Nc1nc(S(C)(=O)=O)nc2ccnn12. The summed E-state index contributed by atoms with van der Waals surface area (Å²) in [5.74, 6) is 0.0480. The summed E-state index contributed by atoms with van der Waals surface area (Å²) in [6.07, 6.45) is 2.44. The van der Waals surface area contributed by atoms with Crippen molar-refractivity contribution in [3.63, 3.8) is 0 Å². The van der Waals surface area contributed by atoms with Gasteiger partial charge in [0.2, 0.25) is 15.8 Å². The van der Waals surface area contributed by atoms with Crippen LogP contribution in [-0.4, -0.2) is 47.9 Å². The Morgan fingerprint density at radius 3 is 2.38 bits per heavy atom. The van der Waals surface area contributed by atoms with Gasteiger partial charge in [-0.25, -0.2) is 16.8 Å². The van der Waals surface area contributed by atoms with Crippen LogP contribution < -0.4 is 5.32 Å². The minimum absolute atomic E-state index is 0.0480. The molecule has 0 spiro atoms. The third-order valence-corrected chi connectivity index (χ3v) is 6.68. The van der Waals surface area contributed by atoms with Crippen LogP contribution >= 0.6 is 0 Å². The number of rotatable bonds is 5. The Labute approximate surface area is 150 Å². The van der Waals surface area contributed by atoms with Crippen molar-refractivity contribution in [3.05, 3.63) is 36.5 Å². The van der Waals surface area contributed by atoms with Crippen LogP contribution in [0.3, 0.4) is 0 Å². The van der Waals surface area contributed by atoms with Crippen LogP contribution in [0.5, 0.6) is 0 Å². The highest BCUT2D eigenvalue weighted by Crippen LogP contribution is 2.27. The Hall–Kier alpha value is -2.53. The van der Waals surface area contributed by atoms with E-state index in [1.807, 2.05) is 0 Å². The quantitative estimate of drug-likeness (QED) is 0.688. The molecule has 0 amide bonds. The van der Waals surface area contributed by atoms with Gasteiger partial charge in [-0.2, -0.15) is 19.6 Å². The van der Waals surface area contributed by atoms with Crippen molar-refractivity contribution >= 4 is 37.0 Å². The summed E-state index contributed by atoms with van der Waals surface area (Å²) in [7, 11) is -7.22. The van der Waals surface area contributed by atoms with Gasteiger partial charge in [0.05, 0.1) is 22.0 Å². The van der Waals surface area contributed by atoms with Crippen LogP contribution in [0.4, 0.5) is 11.6 Å². The fourth-order valence-corrected chi connectivity index (χ4v) is 3.96. The van der Waals surface area contributed by atoms with E-state index in [1.165, 1.54) is 22.8 Å². The van der Waals surface area contributed by atoms with Gasteiger partial charge >= 0.3 is 0 Å². The largest absolute Gasteiger partial charge is 0.323 e. The summed E-state index contributed by atoms with van der Waals surface area (Å²) in [5.41, 5.74) is 0.545. The number of hydrogen-bond acceptors (Lipinski definition) is 8. The molecule has 26 heavy (non-hydrogen) atoms. The Kier molecular flexibility index (Phi) is 4.44. The van der Waals surface area contributed by atoms with E-state index in [9.17, 15) is 16.8 Å². The molecule has 0 bridgehead atoms. The number of aromatic nitrogens is 4. The lowest BCUT2D eigenvalue weighted by molar-refractivity contribution is 0.587. The van der Waals surface area contributed by atoms with E-state index >= 15 is 0 Å². The first-order chi connectivity index (χ1) is 12.1. The average molecular weight is 395 g/mol. The van der Waals surface area contributed by atoms with E-state index in [0.29, 0.717) is 0 Å². The third kappa shape index (κ3) is 3.27. The number of benzene rings is 1. The molecule has 1 N–H and O–H groups in total. The summed E-state index contributed by atoms with van der Waals surface area (Å²) < 4.78 is 50.2. The molecule has 0 aliphatic rings. The average Bonchev–Trinajstić information content (AvgIpc) is 3.03. The second-order valence-electron chi connectivity index (χ2n) is 5.92. The number of anilines is 2. The molecule has 2 heterocycles. The maximum Gasteiger partial charge on any atom is 0.252 e. The standard InChI is InChI=1S/C15H17N5O4S2/c1-10(2)26(23,24)12-7-5-4-6-11(12)17-14-19-15(25(3,21)22)18-13-8-9-16-20(13)14/h4-10H,1-3H3,(H,17,18,19). The minimum atomic E-state index is -3.66. The Morgan fingerprint density at radius 1 is 1.04 bits per heavy atom. The van der Waals surface area contributed by atoms with Gasteiger partial charge in [0, 0.05) is 12.3 Å². The van der Waals surface area contributed by atoms with Crippen LogP contribution in [0.25, 0.3) is 5.65 Å². The zero-order valence-electron chi connectivity index (χ0n) is 14.3. The van der Waals surface area contributed by atoms with Crippen LogP contribution in [0.1, 0.15) is 13.8 Å². The monoisotopic (exact) mass is 395 g/mol. The molecule has 0 fully saturated rings. The normalized spacial score (nSPS) is 12.6. The van der Waals surface area contributed by atoms with Crippen LogP contribution in [0.15, 0.2) is 46.6 Å². The molecule has 0 atom stereocenters. The topological polar surface area (TPSA) is 123 Å². The maximum absolute atomic E-state index is 12.6. The molecule has 2 aromatic heterocycles. The number of nitrogens with one attached hydrogen (secondary N) is 1. The highest BCUT2D eigenvalue weighted by atomic mass is 32.2. The molecule has 0 radical (unpaired) electrons. The number of hydrogen-bond donors (Lipinski definition) is 1. The van der Waals surface area contributed by atoms with E-state index in [4.69, 9.17) is 0 Å². The molecular formula is C15H17N5O4S2. The second kappa shape index (κ2) is 6.32. The lowest BCUT2D eigenvalue weighted by atomic mass is 10.3. The molecule has 0 unspecified atom stereocenters. The van der Waals surface area contributed by atoms with Gasteiger partial charge in [0.1, 0.15) is 0 Å². The van der Waals surface area contributed by atoms with Crippen LogP contribution in [0.2, 0.25) is 0 Å². The summed E-state index contributed by atoms with van der Waals surface area (Å²) in [6, 6.07) is 7.87. The number of nitrogens with zero attached hydrogens (tertiary/aromatic N) is 4. The van der Waals surface area contributed by atoms with Crippen molar-refractivity contribution in [2.75, 3.05) is 11.6 Å². The van der Waals surface area contributed by atoms with Gasteiger partial charge in [0.15, 0.2) is 15.5 Å². The van der Waals surface area contributed by atoms with Gasteiger partial charge in [-0.15, -0.1) is 0 Å². The molecule has 0 saturated carbocycles. The second-order valence-corrected chi connectivity index (χ2v) is 10.3. The first-order valence-corrected chi connectivity index (χ1v) is 11.1. The van der Waals surface area contributed by atoms with E-state index in [-0.39, 0.29) is 27.3 Å². The Morgan fingerprint density at radius 2 is 1.73 bits per heavy atom. The lowest BCUT2D eigenvalue weighted by Crippen LogP contribution is -2.17. The Balaban J connectivity index is 2.18. The molecule has 0 aliphatic heterocycles. The van der Waals surface area contributed by atoms with E-state index < -0.39 is 24.9 Å². The van der Waals surface area contributed by atoms with Crippen molar-refractivity contribution in [3.8, 4) is 0 Å². The van der Waals surface area contributed by atoms with Gasteiger partial charge in [0.25, 0.3) is 5.16 Å². The Bertz CT molecular complexity index is 1180. The summed E-state index contributed by atoms with van der Waals surface area (Å²) in [6.45, 7) is 3.18. The van der Waals surface area contributed by atoms with Crippen molar-refractivity contribution in [1.82, 2.24) is 19.6 Å². The summed E-state index contributed by atoms with van der Waals surface area (Å²) >= 11 is 0. The lowest BCUT2D eigenvalue weighted by Gasteiger charge is -2.14. The number of para-hydroxylation sites is 1. The van der Waals surface area contributed by atoms with Gasteiger partial charge in [-0.1, -0.05) is 12.1 Å². The number of sulfone groups is 2. The molecule has 3 rings (SSSR count). The third-order valence-electron chi connectivity index (χ3n) is 3.63. The van der Waals surface area contributed by atoms with Crippen LogP contribution in [0, 0.1) is 0 Å². The van der Waals surface area contributed by atoms with E-state index in [1.54, 1.807) is 32.0 Å². The smallest absolute Gasteiger partial charge is 0.252 e. The summed E-state index contributed by atoms with van der Waals surface area (Å²) in [4.78, 5) is 8.05. The van der Waals surface area contributed by atoms with Crippen molar-refractivity contribution in [2.24, 2.45) is 0 Å². The maximum atomic E-state index is 12.6. The first kappa shape index (κ1) is 18.3. The van der Waals surface area contributed by atoms with Crippen molar-refractivity contribution < 1.29 is 16.8 Å². The highest BCUT2D eigenvalue weighted by Gasteiger charge is 2.24. The van der Waals surface area contributed by atoms with E-state index in [2.05, 4.69) is 20.4 Å². The van der Waals surface area contributed by atoms with Gasteiger partial charge in [-0.3, -0.25) is 0 Å². The molecule has 1 aromatic carbocycles. The van der Waals surface area contributed by atoms with Gasteiger partial charge < -0.3 is 5.32 Å². The van der Waals surface area contributed by atoms with Crippen LogP contribution in [-0.2, 0) is 19.7 Å². The summed E-state index contributed by atoms with van der Waals surface area (Å²) in [5, 5.41) is 5.93. The highest BCUT2D eigenvalue weighted by molar-refractivity contribution is 7.92. The zero-order valence-corrected chi connectivity index (χ0v) is 15.9. The molecule has 138 valence electrons. The van der Waals surface area contributed by atoms with E-state index in [0.717, 1.165) is 6.26 Å². The fourth-order valence-electron chi connectivity index (χ4n) is 2.24. The molecule has 3 aromatic rings. The first-order valence-electron chi connectivity index (χ1n) is 7.62. The van der Waals surface area contributed by atoms with Crippen molar-refractivity contribution in [1.29, 1.82) is 0 Å². The minimum Gasteiger partial charge on any atom is -0.323 e. The molecule has 0 saturated heterocycles.